The predicted octanol–water partition coefficient (Wildman–Crippen LogP) is 0.732. The van der Waals surface area contributed by atoms with E-state index in [-0.39, 0.29) is 0 Å². The van der Waals surface area contributed by atoms with Crippen molar-refractivity contribution in [1.82, 2.24) is 0 Å². The number of rotatable bonds is 2. The van der Waals surface area contributed by atoms with Gasteiger partial charge in [0.15, 0.2) is 0 Å². The highest BCUT2D eigenvalue weighted by molar-refractivity contribution is 7.86. The molecule has 0 atom stereocenters. The number of aryl methyl sites for hydroxylation is 1. The summed E-state index contributed by atoms with van der Waals surface area (Å²) < 4.78 is 30.4. The molecule has 1 aromatic rings. The Balaban J connectivity index is 3.63. The van der Waals surface area contributed by atoms with Crippen LogP contribution in [0.5, 0.6) is 0 Å². The number of hydrogen-bond donors (Lipinski definition) is 2. The van der Waals surface area contributed by atoms with Crippen molar-refractivity contribution in [3.8, 4) is 0 Å². The van der Waals surface area contributed by atoms with Crippen molar-refractivity contribution in [2.24, 2.45) is 0 Å². The van der Waals surface area contributed by atoms with Crippen molar-refractivity contribution in [3.05, 3.63) is 27.8 Å². The molecule has 0 bridgehead atoms. The number of nitrogens with zero attached hydrogens (tertiary/aromatic N) is 1. The quantitative estimate of drug-likeness (QED) is 0.335. The Hall–Kier alpha value is -1.67. The lowest BCUT2D eigenvalue weighted by atomic mass is 10.2. The standard InChI is InChI=1S/C7H8N2O5S/c1-4-2-5(9(10)11)7(8)6(3-4)15(12,13)14/h2-3H,8H2,1H3,(H,12,13,14). The van der Waals surface area contributed by atoms with E-state index in [9.17, 15) is 18.5 Å². The first kappa shape index (κ1) is 11.4. The average Bonchev–Trinajstić information content (AvgIpc) is 2.06. The zero-order valence-electron chi connectivity index (χ0n) is 7.67. The Morgan fingerprint density at radius 3 is 2.40 bits per heavy atom. The molecular weight excluding hydrogens is 224 g/mol. The van der Waals surface area contributed by atoms with Gasteiger partial charge in [-0.3, -0.25) is 14.7 Å². The maximum Gasteiger partial charge on any atom is 0.296 e. The molecule has 3 N–H and O–H groups in total. The summed E-state index contributed by atoms with van der Waals surface area (Å²) >= 11 is 0. The summed E-state index contributed by atoms with van der Waals surface area (Å²) in [5, 5.41) is 10.5. The first-order valence-electron chi connectivity index (χ1n) is 3.75. The molecule has 8 heteroatoms. The Kier molecular flexibility index (Phi) is 2.65. The third kappa shape index (κ3) is 2.22. The molecule has 7 nitrogen and oxygen atoms in total. The number of hydrogen-bond acceptors (Lipinski definition) is 5. The number of benzene rings is 1. The predicted molar refractivity (Wildman–Crippen MR) is 52.1 cm³/mol. The van der Waals surface area contributed by atoms with Crippen LogP contribution in [0.1, 0.15) is 5.56 Å². The van der Waals surface area contributed by atoms with Crippen molar-refractivity contribution >= 4 is 21.5 Å². The molecule has 0 radical (unpaired) electrons. The third-order valence-electron chi connectivity index (χ3n) is 1.74. The molecule has 0 fully saturated rings. The highest BCUT2D eigenvalue weighted by atomic mass is 32.2. The number of anilines is 1. The van der Waals surface area contributed by atoms with Gasteiger partial charge in [-0.15, -0.1) is 0 Å². The molecule has 82 valence electrons. The minimum absolute atomic E-state index is 0.323. The van der Waals surface area contributed by atoms with E-state index in [1.807, 2.05) is 0 Å². The fourth-order valence-corrected chi connectivity index (χ4v) is 1.83. The van der Waals surface area contributed by atoms with Gasteiger partial charge in [0.2, 0.25) is 0 Å². The highest BCUT2D eigenvalue weighted by Gasteiger charge is 2.23. The third-order valence-corrected chi connectivity index (χ3v) is 2.63. The summed E-state index contributed by atoms with van der Waals surface area (Å²) in [5.74, 6) is 0. The number of nitro benzene ring substituents is 1. The van der Waals surface area contributed by atoms with Crippen LogP contribution in [0.15, 0.2) is 17.0 Å². The molecule has 15 heavy (non-hydrogen) atoms. The lowest BCUT2D eigenvalue weighted by Gasteiger charge is -2.04. The zero-order chi connectivity index (χ0) is 11.8. The van der Waals surface area contributed by atoms with Gasteiger partial charge >= 0.3 is 0 Å². The van der Waals surface area contributed by atoms with E-state index in [2.05, 4.69) is 0 Å². The molecule has 0 unspecified atom stereocenters. The van der Waals surface area contributed by atoms with E-state index < -0.39 is 31.3 Å². The topological polar surface area (TPSA) is 124 Å². The molecule has 1 aromatic carbocycles. The molecule has 0 saturated heterocycles. The smallest absolute Gasteiger partial charge is 0.296 e. The van der Waals surface area contributed by atoms with E-state index in [1.54, 1.807) is 0 Å². The van der Waals surface area contributed by atoms with Crippen LogP contribution in [-0.4, -0.2) is 17.9 Å². The van der Waals surface area contributed by atoms with E-state index in [1.165, 1.54) is 6.92 Å². The van der Waals surface area contributed by atoms with Crippen molar-refractivity contribution in [2.45, 2.75) is 11.8 Å². The minimum atomic E-state index is -4.54. The minimum Gasteiger partial charge on any atom is -0.392 e. The van der Waals surface area contributed by atoms with E-state index in [0.717, 1.165) is 12.1 Å². The normalized spacial score (nSPS) is 11.3. The van der Waals surface area contributed by atoms with Crippen LogP contribution in [0.3, 0.4) is 0 Å². The Morgan fingerprint density at radius 2 is 2.00 bits per heavy atom. The van der Waals surface area contributed by atoms with E-state index in [4.69, 9.17) is 10.3 Å². The van der Waals surface area contributed by atoms with Gasteiger partial charge in [0.05, 0.1) is 4.92 Å². The lowest BCUT2D eigenvalue weighted by Crippen LogP contribution is -2.06. The van der Waals surface area contributed by atoms with Crippen LogP contribution in [0.25, 0.3) is 0 Å². The van der Waals surface area contributed by atoms with Gasteiger partial charge in [0, 0.05) is 6.07 Å². The second-order valence-electron chi connectivity index (χ2n) is 2.93. The molecule has 0 aromatic heterocycles. The molecule has 0 aliphatic heterocycles. The van der Waals surface area contributed by atoms with Crippen molar-refractivity contribution in [3.63, 3.8) is 0 Å². The van der Waals surface area contributed by atoms with Gasteiger partial charge in [0.1, 0.15) is 10.6 Å². The maximum atomic E-state index is 10.8. The van der Waals surface area contributed by atoms with E-state index in [0.29, 0.717) is 5.56 Å². The van der Waals surface area contributed by atoms with Crippen LogP contribution >= 0.6 is 0 Å². The van der Waals surface area contributed by atoms with Crippen molar-refractivity contribution < 1.29 is 17.9 Å². The molecule has 0 saturated carbocycles. The van der Waals surface area contributed by atoms with Crippen LogP contribution < -0.4 is 5.73 Å². The fourth-order valence-electron chi connectivity index (χ4n) is 1.11. The van der Waals surface area contributed by atoms with Crippen LogP contribution in [-0.2, 0) is 10.1 Å². The second kappa shape index (κ2) is 3.48. The van der Waals surface area contributed by atoms with Gasteiger partial charge in [-0.25, -0.2) is 0 Å². The summed E-state index contributed by atoms with van der Waals surface area (Å²) in [4.78, 5) is 9.05. The molecule has 0 spiro atoms. The molecule has 0 aliphatic rings. The average molecular weight is 232 g/mol. The molecule has 0 aliphatic carbocycles. The van der Waals surface area contributed by atoms with Gasteiger partial charge in [-0.1, -0.05) is 0 Å². The molecule has 1 rings (SSSR count). The summed E-state index contributed by atoms with van der Waals surface area (Å²) in [6.45, 7) is 1.46. The van der Waals surface area contributed by atoms with E-state index >= 15 is 0 Å². The number of nitro groups is 1. The molecule has 0 amide bonds. The first-order valence-corrected chi connectivity index (χ1v) is 5.19. The van der Waals surface area contributed by atoms with Crippen molar-refractivity contribution in [2.75, 3.05) is 5.73 Å². The highest BCUT2D eigenvalue weighted by Crippen LogP contribution is 2.29. The Labute approximate surface area is 85.4 Å². The monoisotopic (exact) mass is 232 g/mol. The van der Waals surface area contributed by atoms with Crippen LogP contribution in [0, 0.1) is 17.0 Å². The summed E-state index contributed by atoms with van der Waals surface area (Å²) in [5.41, 5.74) is 4.48. The SMILES string of the molecule is Cc1cc([N+](=O)[O-])c(N)c(S(=O)(=O)O)c1. The van der Waals surface area contributed by atoms with Gasteiger partial charge in [0.25, 0.3) is 15.8 Å². The molecule has 0 heterocycles. The largest absolute Gasteiger partial charge is 0.392 e. The number of nitrogen functional groups attached to an aromatic ring is 1. The Bertz CT molecular complexity index is 522. The first-order chi connectivity index (χ1) is 6.73. The fraction of sp³-hybridized carbons (Fsp3) is 0.143. The van der Waals surface area contributed by atoms with Crippen molar-refractivity contribution in [1.29, 1.82) is 0 Å². The lowest BCUT2D eigenvalue weighted by molar-refractivity contribution is -0.384. The summed E-state index contributed by atoms with van der Waals surface area (Å²) in [6.07, 6.45) is 0. The van der Waals surface area contributed by atoms with Gasteiger partial charge in [-0.05, 0) is 18.6 Å². The summed E-state index contributed by atoms with van der Waals surface area (Å²) in [7, 11) is -4.54. The van der Waals surface area contributed by atoms with Gasteiger partial charge < -0.3 is 5.73 Å². The van der Waals surface area contributed by atoms with Crippen LogP contribution in [0.4, 0.5) is 11.4 Å². The zero-order valence-corrected chi connectivity index (χ0v) is 8.48. The Morgan fingerprint density at radius 1 is 1.47 bits per heavy atom. The summed E-state index contributed by atoms with van der Waals surface area (Å²) in [6, 6.07) is 2.20. The van der Waals surface area contributed by atoms with Gasteiger partial charge in [-0.2, -0.15) is 8.42 Å². The molecular formula is C7H8N2O5S. The second-order valence-corrected chi connectivity index (χ2v) is 4.32. The number of nitrogens with two attached hydrogens (primary N) is 1. The van der Waals surface area contributed by atoms with Crippen LogP contribution in [0.2, 0.25) is 0 Å². The maximum absolute atomic E-state index is 10.8.